The van der Waals surface area contributed by atoms with Crippen LogP contribution in [0.4, 0.5) is 4.39 Å². The molecule has 0 saturated carbocycles. The average Bonchev–Trinajstić information content (AvgIpc) is 2.79. The number of hydrogen-bond donors (Lipinski definition) is 0. The number of Topliss-reactive ketones (excluding diaryl/α,β-unsaturated/α-hetero) is 1. The summed E-state index contributed by atoms with van der Waals surface area (Å²) in [5, 5.41) is 0. The molecule has 0 aliphatic carbocycles. The third-order valence-electron chi connectivity index (χ3n) is 2.89. The molecule has 2 rings (SSSR count). The van der Waals surface area contributed by atoms with Gasteiger partial charge in [0, 0.05) is 13.0 Å². The van der Waals surface area contributed by atoms with E-state index in [4.69, 9.17) is 4.74 Å². The van der Waals surface area contributed by atoms with Crippen molar-refractivity contribution in [3.63, 3.8) is 0 Å². The fourth-order valence-corrected chi connectivity index (χ4v) is 1.99. The van der Waals surface area contributed by atoms with Crippen molar-refractivity contribution in [2.24, 2.45) is 0 Å². The van der Waals surface area contributed by atoms with Crippen LogP contribution in [-0.2, 0) is 4.74 Å². The van der Waals surface area contributed by atoms with Gasteiger partial charge >= 0.3 is 0 Å². The molecular formula is C13H15FO2. The summed E-state index contributed by atoms with van der Waals surface area (Å²) in [6, 6.07) is 6.13. The van der Waals surface area contributed by atoms with E-state index in [1.807, 2.05) is 0 Å². The highest BCUT2D eigenvalue weighted by molar-refractivity contribution is 5.96. The highest BCUT2D eigenvalue weighted by Gasteiger charge is 2.18. The van der Waals surface area contributed by atoms with Crippen LogP contribution in [-0.4, -0.2) is 18.5 Å². The number of hydrogen-bond acceptors (Lipinski definition) is 2. The number of halogens is 1. The van der Waals surface area contributed by atoms with Crippen molar-refractivity contribution in [1.29, 1.82) is 0 Å². The molecule has 86 valence electrons. The molecule has 3 heteroatoms. The van der Waals surface area contributed by atoms with Gasteiger partial charge in [-0.25, -0.2) is 4.39 Å². The van der Waals surface area contributed by atoms with E-state index in [0.717, 1.165) is 19.4 Å². The first kappa shape index (κ1) is 11.3. The van der Waals surface area contributed by atoms with Gasteiger partial charge in [-0.15, -0.1) is 0 Å². The van der Waals surface area contributed by atoms with Gasteiger partial charge in [0.15, 0.2) is 5.78 Å². The second-order valence-electron chi connectivity index (χ2n) is 4.08. The fourth-order valence-electron chi connectivity index (χ4n) is 1.99. The van der Waals surface area contributed by atoms with Crippen molar-refractivity contribution in [1.82, 2.24) is 0 Å². The minimum Gasteiger partial charge on any atom is -0.378 e. The van der Waals surface area contributed by atoms with E-state index in [0.29, 0.717) is 12.8 Å². The van der Waals surface area contributed by atoms with Crippen molar-refractivity contribution < 1.29 is 13.9 Å². The van der Waals surface area contributed by atoms with Gasteiger partial charge in [-0.05, 0) is 31.4 Å². The van der Waals surface area contributed by atoms with Crippen LogP contribution >= 0.6 is 0 Å². The minimum absolute atomic E-state index is 0.131. The first-order chi connectivity index (χ1) is 7.77. The van der Waals surface area contributed by atoms with Crippen LogP contribution in [0.2, 0.25) is 0 Å². The maximum atomic E-state index is 13.3. The molecule has 0 amide bonds. The Labute approximate surface area is 94.4 Å². The number of ketones is 1. The molecule has 1 fully saturated rings. The topological polar surface area (TPSA) is 26.3 Å². The van der Waals surface area contributed by atoms with Crippen molar-refractivity contribution in [3.05, 3.63) is 35.6 Å². The van der Waals surface area contributed by atoms with Gasteiger partial charge in [-0.1, -0.05) is 12.1 Å². The van der Waals surface area contributed by atoms with Crippen LogP contribution in [0.3, 0.4) is 0 Å². The molecule has 1 aromatic carbocycles. The zero-order valence-electron chi connectivity index (χ0n) is 9.12. The summed E-state index contributed by atoms with van der Waals surface area (Å²) in [4.78, 5) is 11.7. The number of ether oxygens (including phenoxy) is 1. The van der Waals surface area contributed by atoms with E-state index in [-0.39, 0.29) is 17.5 Å². The lowest BCUT2D eigenvalue weighted by atomic mass is 10.0. The molecule has 1 heterocycles. The van der Waals surface area contributed by atoms with E-state index in [1.165, 1.54) is 12.1 Å². The lowest BCUT2D eigenvalue weighted by Crippen LogP contribution is -2.09. The van der Waals surface area contributed by atoms with E-state index in [9.17, 15) is 9.18 Å². The van der Waals surface area contributed by atoms with Crippen LogP contribution in [0.5, 0.6) is 0 Å². The van der Waals surface area contributed by atoms with E-state index < -0.39 is 5.82 Å². The lowest BCUT2D eigenvalue weighted by Gasteiger charge is -2.08. The molecule has 1 unspecified atom stereocenters. The van der Waals surface area contributed by atoms with Crippen molar-refractivity contribution >= 4 is 5.78 Å². The van der Waals surface area contributed by atoms with Gasteiger partial charge in [-0.2, -0.15) is 0 Å². The quantitative estimate of drug-likeness (QED) is 0.732. The summed E-state index contributed by atoms with van der Waals surface area (Å²) < 4.78 is 18.7. The molecule has 0 aromatic heterocycles. The molecule has 0 N–H and O–H groups in total. The number of benzene rings is 1. The lowest BCUT2D eigenvalue weighted by molar-refractivity contribution is 0.0856. The number of carbonyl (C=O) groups excluding carboxylic acids is 1. The van der Waals surface area contributed by atoms with Crippen molar-refractivity contribution in [2.75, 3.05) is 6.61 Å². The normalized spacial score (nSPS) is 19.9. The summed E-state index contributed by atoms with van der Waals surface area (Å²) in [6.45, 7) is 0.790. The Morgan fingerprint density at radius 3 is 2.94 bits per heavy atom. The van der Waals surface area contributed by atoms with Crippen LogP contribution in [0.25, 0.3) is 0 Å². The van der Waals surface area contributed by atoms with E-state index in [2.05, 4.69) is 0 Å². The van der Waals surface area contributed by atoms with Gasteiger partial charge in [0.1, 0.15) is 5.82 Å². The van der Waals surface area contributed by atoms with Crippen LogP contribution < -0.4 is 0 Å². The van der Waals surface area contributed by atoms with E-state index >= 15 is 0 Å². The predicted molar refractivity (Wildman–Crippen MR) is 58.9 cm³/mol. The van der Waals surface area contributed by atoms with Gasteiger partial charge in [0.25, 0.3) is 0 Å². The molecular weight excluding hydrogens is 207 g/mol. The molecule has 0 spiro atoms. The largest absolute Gasteiger partial charge is 0.378 e. The molecule has 1 aliphatic rings. The summed E-state index contributed by atoms with van der Waals surface area (Å²) >= 11 is 0. The third-order valence-corrected chi connectivity index (χ3v) is 2.89. The average molecular weight is 222 g/mol. The molecule has 0 radical (unpaired) electrons. The monoisotopic (exact) mass is 222 g/mol. The van der Waals surface area contributed by atoms with Gasteiger partial charge in [0.05, 0.1) is 11.7 Å². The molecule has 1 atom stereocenters. The summed E-state index contributed by atoms with van der Waals surface area (Å²) in [5.41, 5.74) is 0.195. The summed E-state index contributed by atoms with van der Waals surface area (Å²) in [5.74, 6) is -0.562. The molecule has 2 nitrogen and oxygen atoms in total. The smallest absolute Gasteiger partial charge is 0.165 e. The number of carbonyl (C=O) groups is 1. The van der Waals surface area contributed by atoms with Crippen molar-refractivity contribution in [2.45, 2.75) is 31.8 Å². The first-order valence-corrected chi connectivity index (χ1v) is 5.66. The van der Waals surface area contributed by atoms with Crippen LogP contribution in [0.1, 0.15) is 36.0 Å². The second kappa shape index (κ2) is 5.21. The van der Waals surface area contributed by atoms with Gasteiger partial charge < -0.3 is 4.74 Å². The minimum atomic E-state index is -0.431. The zero-order chi connectivity index (χ0) is 11.4. The maximum absolute atomic E-state index is 13.3. The maximum Gasteiger partial charge on any atom is 0.165 e. The standard InChI is InChI=1S/C13H15FO2/c14-12-6-2-1-5-11(12)13(15)8-7-10-4-3-9-16-10/h1-2,5-6,10H,3-4,7-9H2. The molecule has 1 saturated heterocycles. The highest BCUT2D eigenvalue weighted by atomic mass is 19.1. The summed E-state index contributed by atoms with van der Waals surface area (Å²) in [6.07, 6.45) is 3.35. The fraction of sp³-hybridized carbons (Fsp3) is 0.462. The Morgan fingerprint density at radius 1 is 1.44 bits per heavy atom. The van der Waals surface area contributed by atoms with Gasteiger partial charge in [0.2, 0.25) is 0 Å². The van der Waals surface area contributed by atoms with Crippen LogP contribution in [0, 0.1) is 5.82 Å². The SMILES string of the molecule is O=C(CCC1CCCO1)c1ccccc1F. The molecule has 16 heavy (non-hydrogen) atoms. The van der Waals surface area contributed by atoms with Gasteiger partial charge in [-0.3, -0.25) is 4.79 Å². The Morgan fingerprint density at radius 2 is 2.25 bits per heavy atom. The second-order valence-corrected chi connectivity index (χ2v) is 4.08. The first-order valence-electron chi connectivity index (χ1n) is 5.66. The molecule has 0 bridgehead atoms. The molecule has 1 aromatic rings. The van der Waals surface area contributed by atoms with Crippen LogP contribution in [0.15, 0.2) is 24.3 Å². The zero-order valence-corrected chi connectivity index (χ0v) is 9.12. The van der Waals surface area contributed by atoms with Crippen molar-refractivity contribution in [3.8, 4) is 0 Å². The number of rotatable bonds is 4. The summed E-state index contributed by atoms with van der Waals surface area (Å²) in [7, 11) is 0. The Hall–Kier alpha value is -1.22. The Balaban J connectivity index is 1.90. The highest BCUT2D eigenvalue weighted by Crippen LogP contribution is 2.19. The molecule has 1 aliphatic heterocycles. The third kappa shape index (κ3) is 2.67. The Kier molecular flexibility index (Phi) is 3.67. The Bertz CT molecular complexity index is 370. The van der Waals surface area contributed by atoms with E-state index in [1.54, 1.807) is 12.1 Å². The predicted octanol–water partition coefficient (Wildman–Crippen LogP) is 2.97.